The van der Waals surface area contributed by atoms with Crippen LogP contribution in [-0.4, -0.2) is 19.7 Å². The number of benzene rings is 4. The lowest BCUT2D eigenvalue weighted by Crippen LogP contribution is -2.21. The number of allylic oxidation sites excluding steroid dienone is 1. The molecule has 5 rings (SSSR count). The standard InChI is InChI=1S/C35H32N2O6/c1-4-17-40-29-8-6-5-7-27(29)35(38)42-25-14-15-26-31(19-25)43-34(37)28(20-36)33(26)24-13-16-30(32(18-24)39-3)41-21-23-11-9-22(2)10-12-23/h5-16,18-19,33H,4,17,21,37H2,1-3H3. The number of hydrogen-bond acceptors (Lipinski definition) is 8. The zero-order valence-electron chi connectivity index (χ0n) is 24.3. The zero-order valence-corrected chi connectivity index (χ0v) is 24.3. The van der Waals surface area contributed by atoms with E-state index in [9.17, 15) is 10.1 Å². The highest BCUT2D eigenvalue weighted by atomic mass is 16.5. The molecular formula is C35H32N2O6. The van der Waals surface area contributed by atoms with Gasteiger partial charge in [-0.1, -0.05) is 61.0 Å². The van der Waals surface area contributed by atoms with Crippen LogP contribution in [-0.2, 0) is 6.61 Å². The number of rotatable bonds is 10. The van der Waals surface area contributed by atoms with Crippen molar-refractivity contribution in [3.8, 4) is 34.8 Å². The van der Waals surface area contributed by atoms with E-state index in [2.05, 4.69) is 6.07 Å². The summed E-state index contributed by atoms with van der Waals surface area (Å²) >= 11 is 0. The lowest BCUT2D eigenvalue weighted by molar-refractivity contribution is 0.0730. The van der Waals surface area contributed by atoms with E-state index in [4.69, 9.17) is 29.4 Å². The number of aryl methyl sites for hydroxylation is 1. The van der Waals surface area contributed by atoms with Crippen LogP contribution in [0, 0.1) is 18.3 Å². The molecule has 1 aliphatic rings. The molecule has 4 aromatic rings. The molecule has 0 radical (unpaired) electrons. The van der Waals surface area contributed by atoms with E-state index in [-0.39, 0.29) is 17.2 Å². The summed E-state index contributed by atoms with van der Waals surface area (Å²) in [6.45, 7) is 4.89. The molecule has 8 nitrogen and oxygen atoms in total. The summed E-state index contributed by atoms with van der Waals surface area (Å²) in [7, 11) is 1.57. The van der Waals surface area contributed by atoms with E-state index in [0.29, 0.717) is 47.3 Å². The molecule has 2 N–H and O–H groups in total. The number of methoxy groups -OCH3 is 1. The van der Waals surface area contributed by atoms with Gasteiger partial charge in [0.15, 0.2) is 11.5 Å². The van der Waals surface area contributed by atoms with Gasteiger partial charge in [0, 0.05) is 11.6 Å². The van der Waals surface area contributed by atoms with Crippen molar-refractivity contribution in [2.24, 2.45) is 5.73 Å². The van der Waals surface area contributed by atoms with Crippen LogP contribution >= 0.6 is 0 Å². The van der Waals surface area contributed by atoms with E-state index in [1.165, 1.54) is 5.56 Å². The summed E-state index contributed by atoms with van der Waals surface area (Å²) in [5.41, 5.74) is 10.4. The second kappa shape index (κ2) is 13.0. The topological polar surface area (TPSA) is 113 Å². The van der Waals surface area contributed by atoms with Crippen LogP contribution in [0.25, 0.3) is 0 Å². The lowest BCUT2D eigenvalue weighted by atomic mass is 9.83. The Bertz CT molecular complexity index is 1700. The highest BCUT2D eigenvalue weighted by Crippen LogP contribution is 2.45. The first-order chi connectivity index (χ1) is 20.9. The van der Waals surface area contributed by atoms with Gasteiger partial charge in [-0.3, -0.25) is 0 Å². The predicted molar refractivity (Wildman–Crippen MR) is 161 cm³/mol. The minimum Gasteiger partial charge on any atom is -0.493 e. The van der Waals surface area contributed by atoms with E-state index >= 15 is 0 Å². The maximum Gasteiger partial charge on any atom is 0.347 e. The quantitative estimate of drug-likeness (QED) is 0.162. The number of fused-ring (bicyclic) bond motifs is 1. The van der Waals surface area contributed by atoms with Crippen molar-refractivity contribution < 1.29 is 28.5 Å². The van der Waals surface area contributed by atoms with E-state index in [1.807, 2.05) is 56.3 Å². The molecule has 1 aliphatic heterocycles. The number of para-hydroxylation sites is 1. The first-order valence-corrected chi connectivity index (χ1v) is 13.9. The molecule has 0 amide bonds. The van der Waals surface area contributed by atoms with Crippen LogP contribution in [0.3, 0.4) is 0 Å². The number of carbonyl (C=O) groups excluding carboxylic acids is 1. The van der Waals surface area contributed by atoms with E-state index < -0.39 is 11.9 Å². The number of nitrogens with zero attached hydrogens (tertiary/aromatic N) is 1. The minimum absolute atomic E-state index is 0.0274. The first kappa shape index (κ1) is 29.1. The molecule has 8 heteroatoms. The highest BCUT2D eigenvalue weighted by molar-refractivity contribution is 5.94. The minimum atomic E-state index is -0.564. The molecule has 43 heavy (non-hydrogen) atoms. The van der Waals surface area contributed by atoms with Crippen LogP contribution in [0.2, 0.25) is 0 Å². The Morgan fingerprint density at radius 2 is 1.74 bits per heavy atom. The Hall–Kier alpha value is -5.42. The third kappa shape index (κ3) is 6.41. The van der Waals surface area contributed by atoms with Crippen LogP contribution in [0.5, 0.6) is 28.7 Å². The number of nitrogens with two attached hydrogens (primary N) is 1. The molecular weight excluding hydrogens is 544 g/mol. The molecule has 0 spiro atoms. The summed E-state index contributed by atoms with van der Waals surface area (Å²) in [5.74, 6) is 1.05. The van der Waals surface area contributed by atoms with Crippen LogP contribution < -0.4 is 29.4 Å². The summed E-state index contributed by atoms with van der Waals surface area (Å²) < 4.78 is 28.9. The van der Waals surface area contributed by atoms with Gasteiger partial charge in [0.25, 0.3) is 0 Å². The Morgan fingerprint density at radius 3 is 2.49 bits per heavy atom. The lowest BCUT2D eigenvalue weighted by Gasteiger charge is -2.27. The molecule has 218 valence electrons. The van der Waals surface area contributed by atoms with Crippen LogP contribution in [0.1, 0.15) is 51.9 Å². The normalized spacial score (nSPS) is 13.8. The van der Waals surface area contributed by atoms with Gasteiger partial charge in [0.05, 0.1) is 19.6 Å². The van der Waals surface area contributed by atoms with Crippen LogP contribution in [0.15, 0.2) is 96.4 Å². The number of esters is 1. The second-order valence-corrected chi connectivity index (χ2v) is 10.0. The summed E-state index contributed by atoms with van der Waals surface area (Å²) in [5, 5.41) is 10.0. The number of carbonyl (C=O) groups is 1. The van der Waals surface area contributed by atoms with Crippen molar-refractivity contribution in [2.45, 2.75) is 32.8 Å². The maximum absolute atomic E-state index is 13.0. The van der Waals surface area contributed by atoms with Crippen molar-refractivity contribution in [3.63, 3.8) is 0 Å². The number of ether oxygens (including phenoxy) is 5. The van der Waals surface area contributed by atoms with Crippen molar-refractivity contribution >= 4 is 5.97 Å². The smallest absolute Gasteiger partial charge is 0.347 e. The Balaban J connectivity index is 1.41. The predicted octanol–water partition coefficient (Wildman–Crippen LogP) is 6.81. The van der Waals surface area contributed by atoms with Gasteiger partial charge in [0.1, 0.15) is 41.1 Å². The molecule has 4 aromatic carbocycles. The summed E-state index contributed by atoms with van der Waals surface area (Å²) in [6.07, 6.45) is 0.807. The molecule has 0 fully saturated rings. The molecule has 0 aromatic heterocycles. The van der Waals surface area contributed by atoms with Gasteiger partial charge in [-0.15, -0.1) is 0 Å². The third-order valence-corrected chi connectivity index (χ3v) is 7.01. The van der Waals surface area contributed by atoms with Gasteiger partial charge in [-0.2, -0.15) is 5.26 Å². The molecule has 0 aliphatic carbocycles. The number of nitriles is 1. The Labute approximate surface area is 250 Å². The van der Waals surface area contributed by atoms with Crippen LogP contribution in [0.4, 0.5) is 0 Å². The van der Waals surface area contributed by atoms with Gasteiger partial charge < -0.3 is 29.4 Å². The van der Waals surface area contributed by atoms with Crippen molar-refractivity contribution in [2.75, 3.05) is 13.7 Å². The highest BCUT2D eigenvalue weighted by Gasteiger charge is 2.32. The molecule has 0 saturated heterocycles. The average molecular weight is 577 g/mol. The third-order valence-electron chi connectivity index (χ3n) is 7.01. The average Bonchev–Trinajstić information content (AvgIpc) is 3.02. The maximum atomic E-state index is 13.0. The Kier molecular flexibility index (Phi) is 8.82. The van der Waals surface area contributed by atoms with Gasteiger partial charge >= 0.3 is 5.97 Å². The van der Waals surface area contributed by atoms with E-state index in [1.54, 1.807) is 49.6 Å². The largest absolute Gasteiger partial charge is 0.493 e. The van der Waals surface area contributed by atoms with Gasteiger partial charge in [0.2, 0.25) is 5.88 Å². The fraction of sp³-hybridized carbons (Fsp3) is 0.200. The fourth-order valence-corrected chi connectivity index (χ4v) is 4.81. The number of hydrogen-bond donors (Lipinski definition) is 1. The molecule has 1 unspecified atom stereocenters. The van der Waals surface area contributed by atoms with Gasteiger partial charge in [-0.05, 0) is 54.8 Å². The van der Waals surface area contributed by atoms with E-state index in [0.717, 1.165) is 17.5 Å². The van der Waals surface area contributed by atoms with Gasteiger partial charge in [-0.25, -0.2) is 4.79 Å². The monoisotopic (exact) mass is 576 g/mol. The second-order valence-electron chi connectivity index (χ2n) is 10.0. The fourth-order valence-electron chi connectivity index (χ4n) is 4.81. The first-order valence-electron chi connectivity index (χ1n) is 13.9. The SMILES string of the molecule is CCCOc1ccccc1C(=O)Oc1ccc2c(c1)OC(N)=C(C#N)C2c1ccc(OCc2ccc(C)cc2)c(OC)c1. The molecule has 1 atom stereocenters. The van der Waals surface area contributed by atoms with Crippen molar-refractivity contribution in [1.29, 1.82) is 5.26 Å². The summed E-state index contributed by atoms with van der Waals surface area (Å²) in [6, 6.07) is 27.8. The Morgan fingerprint density at radius 1 is 0.953 bits per heavy atom. The van der Waals surface area contributed by atoms with Crippen molar-refractivity contribution in [3.05, 3.63) is 124 Å². The zero-order chi connectivity index (χ0) is 30.3. The van der Waals surface area contributed by atoms with Crippen molar-refractivity contribution in [1.82, 2.24) is 0 Å². The molecule has 0 saturated carbocycles. The molecule has 1 heterocycles. The molecule has 0 bridgehead atoms. The summed E-state index contributed by atoms with van der Waals surface area (Å²) in [4.78, 5) is 13.0.